The molecule has 1 aliphatic rings. The average molecular weight is 508 g/mol. The van der Waals surface area contributed by atoms with Gasteiger partial charge in [-0.25, -0.2) is 16.8 Å². The topological polar surface area (TPSA) is 104 Å². The second-order valence-corrected chi connectivity index (χ2v) is 12.8. The molecule has 2 aromatic carbocycles. The molecule has 10 heteroatoms. The van der Waals surface area contributed by atoms with Gasteiger partial charge in [0.1, 0.15) is 6.54 Å². The van der Waals surface area contributed by atoms with Crippen LogP contribution in [-0.4, -0.2) is 52.9 Å². The van der Waals surface area contributed by atoms with Crippen LogP contribution in [0.3, 0.4) is 0 Å². The van der Waals surface area contributed by atoms with Crippen LogP contribution in [0.5, 0.6) is 0 Å². The summed E-state index contributed by atoms with van der Waals surface area (Å²) in [5, 5.41) is 2.66. The van der Waals surface area contributed by atoms with Gasteiger partial charge in [0.05, 0.1) is 16.8 Å². The lowest BCUT2D eigenvalue weighted by atomic mass is 10.0. The molecule has 0 unspecified atom stereocenters. The average Bonchev–Trinajstić information content (AvgIpc) is 3.07. The van der Waals surface area contributed by atoms with Gasteiger partial charge in [-0.05, 0) is 60.7 Å². The minimum atomic E-state index is -3.69. The fourth-order valence-electron chi connectivity index (χ4n) is 3.90. The van der Waals surface area contributed by atoms with Crippen LogP contribution in [0, 0.1) is 0 Å². The maximum absolute atomic E-state index is 12.9. The van der Waals surface area contributed by atoms with Gasteiger partial charge in [0.15, 0.2) is 0 Å². The van der Waals surface area contributed by atoms with E-state index in [9.17, 15) is 21.6 Å². The molecular weight excluding hydrogens is 474 g/mol. The van der Waals surface area contributed by atoms with E-state index in [0.29, 0.717) is 30.4 Å². The normalized spacial score (nSPS) is 15.6. The number of nitrogens with zero attached hydrogens (tertiary/aromatic N) is 2. The Kier molecular flexibility index (Phi) is 8.38. The lowest BCUT2D eigenvalue weighted by molar-refractivity contribution is -0.114. The van der Waals surface area contributed by atoms with Crippen molar-refractivity contribution in [2.75, 3.05) is 35.5 Å². The summed E-state index contributed by atoms with van der Waals surface area (Å²) in [4.78, 5) is 12.8. The molecule has 3 rings (SSSR count). The molecule has 2 aromatic rings. The molecule has 186 valence electrons. The molecule has 1 N–H and O–H groups in total. The van der Waals surface area contributed by atoms with Crippen LogP contribution in [0.15, 0.2) is 53.4 Å². The van der Waals surface area contributed by atoms with Gasteiger partial charge in [-0.2, -0.15) is 4.31 Å². The molecule has 34 heavy (non-hydrogen) atoms. The summed E-state index contributed by atoms with van der Waals surface area (Å²) in [6.07, 6.45) is 4.82. The molecule has 0 aliphatic carbocycles. The number of carbonyl (C=O) groups excluding carboxylic acids is 1. The minimum absolute atomic E-state index is 0.176. The highest BCUT2D eigenvalue weighted by atomic mass is 32.2. The van der Waals surface area contributed by atoms with Gasteiger partial charge in [0.2, 0.25) is 26.0 Å². The minimum Gasteiger partial charge on any atom is -0.325 e. The predicted molar refractivity (Wildman–Crippen MR) is 135 cm³/mol. The highest BCUT2D eigenvalue weighted by molar-refractivity contribution is 7.92. The summed E-state index contributed by atoms with van der Waals surface area (Å²) in [6, 6.07) is 13.0. The number of rotatable bonds is 8. The SMILES string of the molecule is CC(C)c1ccc(N(CC(=O)Nc2ccc(S(=O)(=O)N3CCCCCC3)cc2)S(C)(=O)=O)cc1. The van der Waals surface area contributed by atoms with Crippen LogP contribution < -0.4 is 9.62 Å². The van der Waals surface area contributed by atoms with Crippen LogP contribution >= 0.6 is 0 Å². The molecule has 1 saturated heterocycles. The summed E-state index contributed by atoms with van der Waals surface area (Å²) in [5.74, 6) is -0.225. The van der Waals surface area contributed by atoms with E-state index < -0.39 is 32.5 Å². The van der Waals surface area contributed by atoms with Gasteiger partial charge in [-0.1, -0.05) is 38.8 Å². The molecule has 0 radical (unpaired) electrons. The molecule has 0 bridgehead atoms. The maximum atomic E-state index is 12.9. The monoisotopic (exact) mass is 507 g/mol. The molecule has 0 spiro atoms. The Hall–Kier alpha value is -2.43. The Bertz CT molecular complexity index is 1180. The lowest BCUT2D eigenvalue weighted by Crippen LogP contribution is -2.37. The van der Waals surface area contributed by atoms with E-state index in [2.05, 4.69) is 5.32 Å². The van der Waals surface area contributed by atoms with Crippen LogP contribution in [0.4, 0.5) is 11.4 Å². The summed E-state index contributed by atoms with van der Waals surface area (Å²) in [7, 11) is -7.27. The zero-order chi connectivity index (χ0) is 24.9. The molecule has 8 nitrogen and oxygen atoms in total. The molecular formula is C24H33N3O5S2. The quantitative estimate of drug-likeness (QED) is 0.586. The van der Waals surface area contributed by atoms with Gasteiger partial charge in [-0.15, -0.1) is 0 Å². The Balaban J connectivity index is 1.70. The first-order valence-electron chi connectivity index (χ1n) is 11.5. The van der Waals surface area contributed by atoms with E-state index in [4.69, 9.17) is 0 Å². The Morgan fingerprint density at radius 1 is 0.912 bits per heavy atom. The number of benzene rings is 2. The van der Waals surface area contributed by atoms with Gasteiger partial charge in [0.25, 0.3) is 0 Å². The molecule has 1 amide bonds. The third-order valence-corrected chi connectivity index (χ3v) is 8.93. The van der Waals surface area contributed by atoms with Crippen LogP contribution in [-0.2, 0) is 24.8 Å². The van der Waals surface area contributed by atoms with Crippen molar-refractivity contribution in [2.24, 2.45) is 0 Å². The Labute approximate surface area is 203 Å². The predicted octanol–water partition coefficient (Wildman–Crippen LogP) is 3.78. The van der Waals surface area contributed by atoms with Gasteiger partial charge < -0.3 is 5.32 Å². The number of amides is 1. The lowest BCUT2D eigenvalue weighted by Gasteiger charge is -2.22. The standard InChI is InChI=1S/C24H33N3O5S2/c1-19(2)20-8-12-22(13-9-20)27(33(3,29)30)18-24(28)25-21-10-14-23(15-11-21)34(31,32)26-16-6-4-5-7-17-26/h8-15,19H,4-7,16-18H2,1-3H3,(H,25,28). The number of carbonyl (C=O) groups is 1. The van der Waals surface area contributed by atoms with Crippen molar-refractivity contribution in [1.82, 2.24) is 4.31 Å². The maximum Gasteiger partial charge on any atom is 0.245 e. The third-order valence-electron chi connectivity index (χ3n) is 5.88. The van der Waals surface area contributed by atoms with Crippen molar-refractivity contribution in [2.45, 2.75) is 50.3 Å². The first kappa shape index (κ1) is 26.2. The highest BCUT2D eigenvalue weighted by Gasteiger charge is 2.25. The second-order valence-electron chi connectivity index (χ2n) is 8.91. The summed E-state index contributed by atoms with van der Waals surface area (Å²) >= 11 is 0. The number of sulfonamides is 2. The number of nitrogens with one attached hydrogen (secondary N) is 1. The van der Waals surface area contributed by atoms with E-state index in [0.717, 1.165) is 41.8 Å². The van der Waals surface area contributed by atoms with Gasteiger partial charge >= 0.3 is 0 Å². The first-order valence-corrected chi connectivity index (χ1v) is 14.7. The zero-order valence-electron chi connectivity index (χ0n) is 19.9. The summed E-state index contributed by atoms with van der Waals surface area (Å²) < 4.78 is 53.1. The number of anilines is 2. The van der Waals surface area contributed by atoms with E-state index in [-0.39, 0.29) is 4.90 Å². The van der Waals surface area contributed by atoms with Gasteiger partial charge in [0, 0.05) is 18.8 Å². The highest BCUT2D eigenvalue weighted by Crippen LogP contribution is 2.24. The smallest absolute Gasteiger partial charge is 0.245 e. The molecule has 0 saturated carbocycles. The summed E-state index contributed by atoms with van der Waals surface area (Å²) in [6.45, 7) is 4.72. The van der Waals surface area contributed by atoms with Crippen LogP contribution in [0.2, 0.25) is 0 Å². The number of hydrogen-bond donors (Lipinski definition) is 1. The molecule has 0 aromatic heterocycles. The Morgan fingerprint density at radius 3 is 1.97 bits per heavy atom. The fraction of sp³-hybridized carbons (Fsp3) is 0.458. The Morgan fingerprint density at radius 2 is 1.47 bits per heavy atom. The largest absolute Gasteiger partial charge is 0.325 e. The van der Waals surface area contributed by atoms with Crippen LogP contribution in [0.1, 0.15) is 51.0 Å². The van der Waals surface area contributed by atoms with Crippen molar-refractivity contribution < 1.29 is 21.6 Å². The van der Waals surface area contributed by atoms with Crippen molar-refractivity contribution in [3.05, 3.63) is 54.1 Å². The van der Waals surface area contributed by atoms with Crippen molar-refractivity contribution >= 4 is 37.3 Å². The van der Waals surface area contributed by atoms with Crippen molar-refractivity contribution in [3.63, 3.8) is 0 Å². The van der Waals surface area contributed by atoms with Gasteiger partial charge in [-0.3, -0.25) is 9.10 Å². The first-order chi connectivity index (χ1) is 16.0. The number of hydrogen-bond acceptors (Lipinski definition) is 5. The second kappa shape index (κ2) is 10.9. The van der Waals surface area contributed by atoms with E-state index in [1.807, 2.05) is 26.0 Å². The molecule has 0 atom stereocenters. The van der Waals surface area contributed by atoms with Crippen molar-refractivity contribution in [3.8, 4) is 0 Å². The third kappa shape index (κ3) is 6.58. The molecule has 1 fully saturated rings. The molecule has 1 aliphatic heterocycles. The van der Waals surface area contributed by atoms with Crippen LogP contribution in [0.25, 0.3) is 0 Å². The van der Waals surface area contributed by atoms with E-state index in [1.54, 1.807) is 12.1 Å². The van der Waals surface area contributed by atoms with Crippen molar-refractivity contribution in [1.29, 1.82) is 0 Å². The zero-order valence-corrected chi connectivity index (χ0v) is 21.5. The fourth-order valence-corrected chi connectivity index (χ4v) is 6.27. The van der Waals surface area contributed by atoms with E-state index in [1.165, 1.54) is 28.6 Å². The van der Waals surface area contributed by atoms with E-state index >= 15 is 0 Å². The summed E-state index contributed by atoms with van der Waals surface area (Å²) in [5.41, 5.74) is 1.86. The molecule has 1 heterocycles.